The van der Waals surface area contributed by atoms with Crippen molar-refractivity contribution < 1.29 is 5.11 Å². The Balaban J connectivity index is 2.40. The third-order valence-electron chi connectivity index (χ3n) is 3.64. The predicted octanol–water partition coefficient (Wildman–Crippen LogP) is 3.15. The van der Waals surface area contributed by atoms with E-state index in [1.54, 1.807) is 0 Å². The maximum Gasteiger partial charge on any atom is 0.0695 e. The molecule has 0 spiro atoms. The number of aliphatic hydroxyl groups excluding tert-OH is 1. The molecular weight excluding hydrogens is 210 g/mol. The molecule has 1 atom stereocenters. The van der Waals surface area contributed by atoms with Gasteiger partial charge in [0, 0.05) is 19.6 Å². The molecule has 2 heteroatoms. The van der Waals surface area contributed by atoms with Crippen molar-refractivity contribution in [1.82, 2.24) is 4.90 Å². The van der Waals surface area contributed by atoms with Gasteiger partial charge in [-0.15, -0.1) is 0 Å². The van der Waals surface area contributed by atoms with Crippen LogP contribution in [0.2, 0.25) is 0 Å². The summed E-state index contributed by atoms with van der Waals surface area (Å²) in [5.41, 5.74) is 0. The second-order valence-corrected chi connectivity index (χ2v) is 6.62. The van der Waals surface area contributed by atoms with Gasteiger partial charge in [0.05, 0.1) is 6.10 Å². The molecule has 1 aliphatic carbocycles. The standard InChI is InChI=1S/C15H31NO/c1-12(2)9-16(10-13(3)4)11-15(17)14-7-5-6-8-14/h12-15,17H,5-11H2,1-4H3. The summed E-state index contributed by atoms with van der Waals surface area (Å²) in [7, 11) is 0. The molecule has 17 heavy (non-hydrogen) atoms. The lowest BCUT2D eigenvalue weighted by Crippen LogP contribution is -2.39. The molecule has 0 aromatic heterocycles. The molecule has 102 valence electrons. The van der Waals surface area contributed by atoms with Crippen molar-refractivity contribution in [3.8, 4) is 0 Å². The molecule has 1 fully saturated rings. The maximum absolute atomic E-state index is 10.3. The Morgan fingerprint density at radius 2 is 1.41 bits per heavy atom. The van der Waals surface area contributed by atoms with Crippen LogP contribution >= 0.6 is 0 Å². The predicted molar refractivity (Wildman–Crippen MR) is 74.1 cm³/mol. The number of rotatable bonds is 7. The molecule has 0 saturated heterocycles. The SMILES string of the molecule is CC(C)CN(CC(C)C)CC(O)C1CCCC1. The Morgan fingerprint density at radius 3 is 1.82 bits per heavy atom. The van der Waals surface area contributed by atoms with Gasteiger partial charge < -0.3 is 10.0 Å². The Bertz CT molecular complexity index is 187. The fourth-order valence-electron chi connectivity index (χ4n) is 3.01. The van der Waals surface area contributed by atoms with E-state index in [1.807, 2.05) is 0 Å². The van der Waals surface area contributed by atoms with Crippen LogP contribution in [0.25, 0.3) is 0 Å². The molecule has 1 N–H and O–H groups in total. The largest absolute Gasteiger partial charge is 0.392 e. The van der Waals surface area contributed by atoms with E-state index in [2.05, 4.69) is 32.6 Å². The Kier molecular flexibility index (Phi) is 6.50. The van der Waals surface area contributed by atoms with Crippen molar-refractivity contribution in [2.45, 2.75) is 59.5 Å². The van der Waals surface area contributed by atoms with Gasteiger partial charge in [0.25, 0.3) is 0 Å². The van der Waals surface area contributed by atoms with Gasteiger partial charge in [-0.1, -0.05) is 40.5 Å². The molecule has 0 aromatic carbocycles. The Hall–Kier alpha value is -0.0800. The number of hydrogen-bond donors (Lipinski definition) is 1. The quantitative estimate of drug-likeness (QED) is 0.740. The molecule has 1 saturated carbocycles. The van der Waals surface area contributed by atoms with Crippen LogP contribution in [0.3, 0.4) is 0 Å². The molecule has 0 radical (unpaired) electrons. The fraction of sp³-hybridized carbons (Fsp3) is 1.00. The van der Waals surface area contributed by atoms with Crippen molar-refractivity contribution in [3.63, 3.8) is 0 Å². The minimum Gasteiger partial charge on any atom is -0.392 e. The van der Waals surface area contributed by atoms with Gasteiger partial charge in [0.15, 0.2) is 0 Å². The number of aliphatic hydroxyl groups is 1. The molecule has 0 amide bonds. The van der Waals surface area contributed by atoms with Crippen LogP contribution in [0.1, 0.15) is 53.4 Å². The van der Waals surface area contributed by atoms with Crippen molar-refractivity contribution in [3.05, 3.63) is 0 Å². The zero-order valence-electron chi connectivity index (χ0n) is 12.2. The molecule has 0 heterocycles. The minimum atomic E-state index is -0.102. The lowest BCUT2D eigenvalue weighted by molar-refractivity contribution is 0.0569. The summed E-state index contributed by atoms with van der Waals surface area (Å²) >= 11 is 0. The maximum atomic E-state index is 10.3. The first-order chi connectivity index (χ1) is 7.99. The first-order valence-electron chi connectivity index (χ1n) is 7.39. The first kappa shape index (κ1) is 15.0. The molecule has 1 rings (SSSR count). The summed E-state index contributed by atoms with van der Waals surface area (Å²) in [6.07, 6.45) is 5.00. The van der Waals surface area contributed by atoms with Crippen LogP contribution < -0.4 is 0 Å². The Morgan fingerprint density at radius 1 is 0.941 bits per heavy atom. The smallest absolute Gasteiger partial charge is 0.0695 e. The highest BCUT2D eigenvalue weighted by atomic mass is 16.3. The van der Waals surface area contributed by atoms with E-state index in [4.69, 9.17) is 0 Å². The van der Waals surface area contributed by atoms with Gasteiger partial charge in [0.1, 0.15) is 0 Å². The summed E-state index contributed by atoms with van der Waals surface area (Å²) in [4.78, 5) is 2.46. The van der Waals surface area contributed by atoms with Crippen LogP contribution in [0.4, 0.5) is 0 Å². The monoisotopic (exact) mass is 241 g/mol. The van der Waals surface area contributed by atoms with Crippen LogP contribution in [0.15, 0.2) is 0 Å². The van der Waals surface area contributed by atoms with E-state index >= 15 is 0 Å². The van der Waals surface area contributed by atoms with Gasteiger partial charge >= 0.3 is 0 Å². The van der Waals surface area contributed by atoms with Crippen molar-refractivity contribution in [1.29, 1.82) is 0 Å². The fourth-order valence-corrected chi connectivity index (χ4v) is 3.01. The summed E-state index contributed by atoms with van der Waals surface area (Å²) in [6.45, 7) is 12.1. The molecule has 0 aromatic rings. The third-order valence-corrected chi connectivity index (χ3v) is 3.64. The topological polar surface area (TPSA) is 23.5 Å². The zero-order chi connectivity index (χ0) is 12.8. The average Bonchev–Trinajstić information content (AvgIpc) is 2.67. The van der Waals surface area contributed by atoms with E-state index in [-0.39, 0.29) is 6.10 Å². The van der Waals surface area contributed by atoms with Crippen molar-refractivity contribution >= 4 is 0 Å². The van der Waals surface area contributed by atoms with E-state index in [9.17, 15) is 5.11 Å². The van der Waals surface area contributed by atoms with E-state index in [0.717, 1.165) is 19.6 Å². The van der Waals surface area contributed by atoms with Crippen LogP contribution in [-0.4, -0.2) is 35.7 Å². The molecule has 0 bridgehead atoms. The highest BCUT2D eigenvalue weighted by Gasteiger charge is 2.25. The summed E-state index contributed by atoms with van der Waals surface area (Å²) in [6, 6.07) is 0. The molecule has 0 aliphatic heterocycles. The summed E-state index contributed by atoms with van der Waals surface area (Å²) in [5.74, 6) is 1.94. The number of nitrogens with zero attached hydrogens (tertiary/aromatic N) is 1. The average molecular weight is 241 g/mol. The van der Waals surface area contributed by atoms with Crippen LogP contribution in [0, 0.1) is 17.8 Å². The van der Waals surface area contributed by atoms with Gasteiger partial charge in [-0.2, -0.15) is 0 Å². The number of hydrogen-bond acceptors (Lipinski definition) is 2. The van der Waals surface area contributed by atoms with Gasteiger partial charge in [-0.05, 0) is 30.6 Å². The first-order valence-corrected chi connectivity index (χ1v) is 7.39. The lowest BCUT2D eigenvalue weighted by Gasteiger charge is -2.30. The molecule has 1 unspecified atom stereocenters. The highest BCUT2D eigenvalue weighted by molar-refractivity contribution is 4.78. The highest BCUT2D eigenvalue weighted by Crippen LogP contribution is 2.28. The molecular formula is C15H31NO. The van der Waals surface area contributed by atoms with Gasteiger partial charge in [-0.25, -0.2) is 0 Å². The van der Waals surface area contributed by atoms with E-state index in [0.29, 0.717) is 17.8 Å². The third kappa shape index (κ3) is 5.87. The van der Waals surface area contributed by atoms with Crippen LogP contribution in [-0.2, 0) is 0 Å². The van der Waals surface area contributed by atoms with Gasteiger partial charge in [0.2, 0.25) is 0 Å². The van der Waals surface area contributed by atoms with Crippen LogP contribution in [0.5, 0.6) is 0 Å². The lowest BCUT2D eigenvalue weighted by atomic mass is 9.99. The second kappa shape index (κ2) is 7.38. The second-order valence-electron chi connectivity index (χ2n) is 6.62. The Labute approximate surface area is 107 Å². The summed E-state index contributed by atoms with van der Waals surface area (Å²) < 4.78 is 0. The summed E-state index contributed by atoms with van der Waals surface area (Å²) in [5, 5.41) is 10.3. The van der Waals surface area contributed by atoms with Gasteiger partial charge in [-0.3, -0.25) is 0 Å². The molecule has 2 nitrogen and oxygen atoms in total. The van der Waals surface area contributed by atoms with Crippen molar-refractivity contribution in [2.24, 2.45) is 17.8 Å². The normalized spacial score (nSPS) is 19.8. The molecule has 1 aliphatic rings. The van der Waals surface area contributed by atoms with E-state index in [1.165, 1.54) is 25.7 Å². The zero-order valence-corrected chi connectivity index (χ0v) is 12.2. The van der Waals surface area contributed by atoms with E-state index < -0.39 is 0 Å². The van der Waals surface area contributed by atoms with Crippen molar-refractivity contribution in [2.75, 3.05) is 19.6 Å². The minimum absolute atomic E-state index is 0.102.